The van der Waals surface area contributed by atoms with Crippen molar-refractivity contribution >= 4 is 16.9 Å². The predicted molar refractivity (Wildman–Crippen MR) is 93.6 cm³/mol. The smallest absolute Gasteiger partial charge is 0.336 e. The maximum Gasteiger partial charge on any atom is 0.336 e. The monoisotopic (exact) mass is 353 g/mol. The van der Waals surface area contributed by atoms with Crippen LogP contribution in [0.1, 0.15) is 23.6 Å². The summed E-state index contributed by atoms with van der Waals surface area (Å²) in [4.78, 5) is 23.5. The Morgan fingerprint density at radius 3 is 2.96 bits per heavy atom. The van der Waals surface area contributed by atoms with Crippen LogP contribution in [0.4, 0.5) is 4.39 Å². The van der Waals surface area contributed by atoms with Crippen molar-refractivity contribution in [3.8, 4) is 5.75 Å². The van der Waals surface area contributed by atoms with Crippen LogP contribution in [-0.2, 0) is 11.2 Å². The lowest BCUT2D eigenvalue weighted by molar-refractivity contribution is -0.123. The Balaban J connectivity index is 1.41. The molecule has 1 atom stereocenters. The fourth-order valence-corrected chi connectivity index (χ4v) is 3.28. The molecule has 6 heteroatoms. The van der Waals surface area contributed by atoms with E-state index in [4.69, 9.17) is 9.15 Å². The lowest BCUT2D eigenvalue weighted by Crippen LogP contribution is -2.31. The van der Waals surface area contributed by atoms with Crippen molar-refractivity contribution in [2.45, 2.75) is 18.9 Å². The number of rotatable bonds is 4. The fourth-order valence-electron chi connectivity index (χ4n) is 3.28. The zero-order valence-corrected chi connectivity index (χ0v) is 13.8. The van der Waals surface area contributed by atoms with Crippen LogP contribution in [0.2, 0.25) is 0 Å². The van der Waals surface area contributed by atoms with Crippen LogP contribution in [0.15, 0.2) is 57.7 Å². The van der Waals surface area contributed by atoms with Crippen molar-refractivity contribution in [2.24, 2.45) is 0 Å². The first kappa shape index (κ1) is 16.3. The molecule has 0 radical (unpaired) electrons. The van der Waals surface area contributed by atoms with Crippen molar-refractivity contribution in [3.63, 3.8) is 0 Å². The minimum absolute atomic E-state index is 0.177. The predicted octanol–water partition coefficient (Wildman–Crippen LogP) is 3.11. The number of fused-ring (bicyclic) bond motifs is 2. The summed E-state index contributed by atoms with van der Waals surface area (Å²) in [6.07, 6.45) is 1.28. The van der Waals surface area contributed by atoms with Gasteiger partial charge in [0.2, 0.25) is 0 Å². The first-order valence-electron chi connectivity index (χ1n) is 8.33. The van der Waals surface area contributed by atoms with Crippen molar-refractivity contribution in [3.05, 3.63) is 75.9 Å². The molecular formula is C20H16FNO4. The molecule has 1 aromatic heterocycles. The van der Waals surface area contributed by atoms with Crippen molar-refractivity contribution in [1.29, 1.82) is 0 Å². The van der Waals surface area contributed by atoms with Gasteiger partial charge in [0.25, 0.3) is 5.91 Å². The van der Waals surface area contributed by atoms with Gasteiger partial charge in [-0.25, -0.2) is 9.18 Å². The minimum atomic E-state index is -0.445. The number of hydrogen-bond donors (Lipinski definition) is 1. The highest BCUT2D eigenvalue weighted by Crippen LogP contribution is 2.32. The first-order chi connectivity index (χ1) is 12.6. The first-order valence-corrected chi connectivity index (χ1v) is 8.33. The van der Waals surface area contributed by atoms with Gasteiger partial charge < -0.3 is 14.5 Å². The summed E-state index contributed by atoms with van der Waals surface area (Å²) in [6, 6.07) is 12.8. The molecule has 5 nitrogen and oxygen atoms in total. The maximum absolute atomic E-state index is 13.8. The van der Waals surface area contributed by atoms with Crippen LogP contribution in [0.25, 0.3) is 11.0 Å². The third kappa shape index (κ3) is 3.18. The Bertz CT molecular complexity index is 1040. The van der Waals surface area contributed by atoms with E-state index < -0.39 is 5.63 Å². The molecule has 1 aliphatic rings. The standard InChI is InChI=1S/C20H16FNO4/c21-16-3-1-2-15-14(16)7-8-17(15)22-19(23)11-25-13-6-4-12-5-9-20(24)26-18(12)10-13/h1-6,9-10,17H,7-8,11H2,(H,22,23). The van der Waals surface area contributed by atoms with E-state index in [0.717, 1.165) is 10.9 Å². The van der Waals surface area contributed by atoms with Crippen LogP contribution in [-0.4, -0.2) is 12.5 Å². The molecule has 1 N–H and O–H groups in total. The van der Waals surface area contributed by atoms with E-state index in [-0.39, 0.29) is 24.4 Å². The molecule has 0 spiro atoms. The van der Waals surface area contributed by atoms with Crippen molar-refractivity contribution in [1.82, 2.24) is 5.32 Å². The highest BCUT2D eigenvalue weighted by atomic mass is 19.1. The van der Waals surface area contributed by atoms with Crippen molar-refractivity contribution in [2.75, 3.05) is 6.61 Å². The van der Waals surface area contributed by atoms with E-state index in [2.05, 4.69) is 5.32 Å². The van der Waals surface area contributed by atoms with Gasteiger partial charge >= 0.3 is 5.63 Å². The van der Waals surface area contributed by atoms with Gasteiger partial charge in [-0.3, -0.25) is 4.79 Å². The summed E-state index contributed by atoms with van der Waals surface area (Å²) in [5.41, 5.74) is 1.45. The quantitative estimate of drug-likeness (QED) is 0.732. The minimum Gasteiger partial charge on any atom is -0.484 e. The SMILES string of the molecule is O=C(COc1ccc2ccc(=O)oc2c1)NC1CCc2c(F)cccc21. The number of ether oxygens (including phenoxy) is 1. The Kier molecular flexibility index (Phi) is 4.16. The maximum atomic E-state index is 13.8. The molecule has 0 aliphatic heterocycles. The largest absolute Gasteiger partial charge is 0.484 e. The second-order valence-corrected chi connectivity index (χ2v) is 6.21. The number of benzene rings is 2. The Morgan fingerprint density at radius 1 is 1.23 bits per heavy atom. The van der Waals surface area contributed by atoms with E-state index >= 15 is 0 Å². The number of halogens is 1. The molecule has 26 heavy (non-hydrogen) atoms. The van der Waals surface area contributed by atoms with E-state index in [1.807, 2.05) is 6.07 Å². The molecule has 0 fully saturated rings. The van der Waals surface area contributed by atoms with Crippen LogP contribution < -0.4 is 15.7 Å². The summed E-state index contributed by atoms with van der Waals surface area (Å²) in [7, 11) is 0. The second kappa shape index (κ2) is 6.63. The second-order valence-electron chi connectivity index (χ2n) is 6.21. The number of amides is 1. The molecule has 1 aliphatic carbocycles. The average molecular weight is 353 g/mol. The topological polar surface area (TPSA) is 68.5 Å². The number of carbonyl (C=O) groups is 1. The van der Waals surface area contributed by atoms with E-state index in [1.165, 1.54) is 12.1 Å². The molecule has 2 aromatic carbocycles. The molecular weight excluding hydrogens is 337 g/mol. The number of nitrogens with one attached hydrogen (secondary N) is 1. The average Bonchev–Trinajstić information content (AvgIpc) is 3.04. The summed E-state index contributed by atoms with van der Waals surface area (Å²) < 4.78 is 24.3. The lowest BCUT2D eigenvalue weighted by atomic mass is 10.1. The van der Waals surface area contributed by atoms with E-state index in [1.54, 1.807) is 30.3 Å². The molecule has 4 rings (SSSR count). The molecule has 0 saturated carbocycles. The normalized spacial score (nSPS) is 15.7. The molecule has 1 heterocycles. The van der Waals surface area contributed by atoms with E-state index in [0.29, 0.717) is 29.7 Å². The molecule has 3 aromatic rings. The van der Waals surface area contributed by atoms with Gasteiger partial charge in [0.15, 0.2) is 6.61 Å². The highest BCUT2D eigenvalue weighted by Gasteiger charge is 2.26. The Hall–Kier alpha value is -3.15. The van der Waals surface area contributed by atoms with Crippen molar-refractivity contribution < 1.29 is 18.3 Å². The lowest BCUT2D eigenvalue weighted by Gasteiger charge is -2.14. The van der Waals surface area contributed by atoms with Crippen LogP contribution in [0.5, 0.6) is 5.75 Å². The Labute approximate surface area is 148 Å². The number of hydrogen-bond acceptors (Lipinski definition) is 4. The van der Waals surface area contributed by atoms with Gasteiger partial charge in [0.05, 0.1) is 6.04 Å². The van der Waals surface area contributed by atoms with Gasteiger partial charge in [-0.2, -0.15) is 0 Å². The van der Waals surface area contributed by atoms with Gasteiger partial charge in [0.1, 0.15) is 17.1 Å². The fraction of sp³-hybridized carbons (Fsp3) is 0.200. The van der Waals surface area contributed by atoms with Crippen LogP contribution in [0.3, 0.4) is 0 Å². The molecule has 1 unspecified atom stereocenters. The summed E-state index contributed by atoms with van der Waals surface area (Å²) in [5, 5.41) is 3.64. The zero-order chi connectivity index (χ0) is 18.1. The zero-order valence-electron chi connectivity index (χ0n) is 13.8. The van der Waals surface area contributed by atoms with Gasteiger partial charge in [0, 0.05) is 17.5 Å². The summed E-state index contributed by atoms with van der Waals surface area (Å²) in [5.74, 6) is -0.0882. The molecule has 0 saturated heterocycles. The number of carbonyl (C=O) groups excluding carboxylic acids is 1. The van der Waals surface area contributed by atoms with Gasteiger partial charge in [-0.1, -0.05) is 12.1 Å². The summed E-state index contributed by atoms with van der Waals surface area (Å²) in [6.45, 7) is -0.177. The molecule has 0 bridgehead atoms. The summed E-state index contributed by atoms with van der Waals surface area (Å²) >= 11 is 0. The van der Waals surface area contributed by atoms with E-state index in [9.17, 15) is 14.0 Å². The molecule has 132 valence electrons. The molecule has 1 amide bonds. The highest BCUT2D eigenvalue weighted by molar-refractivity contribution is 5.79. The van der Waals surface area contributed by atoms with Crippen LogP contribution >= 0.6 is 0 Å². The van der Waals surface area contributed by atoms with Gasteiger partial charge in [-0.15, -0.1) is 0 Å². The third-order valence-electron chi connectivity index (χ3n) is 4.51. The van der Waals surface area contributed by atoms with Crippen LogP contribution in [0, 0.1) is 5.82 Å². The Morgan fingerprint density at radius 2 is 2.08 bits per heavy atom. The third-order valence-corrected chi connectivity index (χ3v) is 4.51. The van der Waals surface area contributed by atoms with Gasteiger partial charge in [-0.05, 0) is 48.2 Å².